The van der Waals surface area contributed by atoms with Crippen LogP contribution in [-0.2, 0) is 6.42 Å². The van der Waals surface area contributed by atoms with Crippen molar-refractivity contribution in [1.29, 1.82) is 0 Å². The quantitative estimate of drug-likeness (QED) is 0.547. The summed E-state index contributed by atoms with van der Waals surface area (Å²) >= 11 is 0. The Morgan fingerprint density at radius 2 is 2.47 bits per heavy atom. The summed E-state index contributed by atoms with van der Waals surface area (Å²) in [5.74, 6) is -0.710. The lowest BCUT2D eigenvalue weighted by Gasteiger charge is -1.95. The van der Waals surface area contributed by atoms with Gasteiger partial charge in [0, 0.05) is 12.5 Å². The predicted molar refractivity (Wildman–Crippen MR) is 49.7 cm³/mol. The average Bonchev–Trinajstić information content (AvgIpc) is 2.46. The standard InChI is InChI=1S/C7H10N4O4/c1-4(8)2-5-3-10(7(12)13)6(9-5)11(14)15/h3-4H,2,8H2,1H3,(H,12,13)/t4-/m1/s1. The second kappa shape index (κ2) is 4.05. The average molecular weight is 214 g/mol. The van der Waals surface area contributed by atoms with Gasteiger partial charge in [-0.05, 0) is 11.8 Å². The first-order valence-corrected chi connectivity index (χ1v) is 4.13. The minimum absolute atomic E-state index is 0.234. The summed E-state index contributed by atoms with van der Waals surface area (Å²) in [5.41, 5.74) is 5.76. The fourth-order valence-electron chi connectivity index (χ4n) is 1.12. The number of carboxylic acid groups (broad SMARTS) is 1. The van der Waals surface area contributed by atoms with Crippen LogP contribution in [0.2, 0.25) is 0 Å². The van der Waals surface area contributed by atoms with E-state index in [2.05, 4.69) is 4.98 Å². The SMILES string of the molecule is C[C@@H](N)Cc1cn(C(=O)O)c([N+](=O)[O-])n1. The van der Waals surface area contributed by atoms with Gasteiger partial charge in [-0.2, -0.15) is 0 Å². The first kappa shape index (κ1) is 11.1. The van der Waals surface area contributed by atoms with Gasteiger partial charge in [0.15, 0.2) is 5.69 Å². The first-order chi connectivity index (χ1) is 6.91. The van der Waals surface area contributed by atoms with Crippen LogP contribution in [0.5, 0.6) is 0 Å². The predicted octanol–water partition coefficient (Wildman–Crippen LogP) is 0.207. The van der Waals surface area contributed by atoms with E-state index in [1.54, 1.807) is 6.92 Å². The van der Waals surface area contributed by atoms with Crippen molar-refractivity contribution in [3.63, 3.8) is 0 Å². The molecule has 3 N–H and O–H groups in total. The second-order valence-electron chi connectivity index (χ2n) is 3.12. The number of nitrogens with two attached hydrogens (primary N) is 1. The van der Waals surface area contributed by atoms with E-state index < -0.39 is 17.0 Å². The Balaban J connectivity index is 3.09. The van der Waals surface area contributed by atoms with Crippen molar-refractivity contribution in [1.82, 2.24) is 9.55 Å². The number of aromatic nitrogens is 2. The molecule has 0 aliphatic heterocycles. The minimum atomic E-state index is -1.44. The minimum Gasteiger partial charge on any atom is -0.452 e. The summed E-state index contributed by atoms with van der Waals surface area (Å²) in [5, 5.41) is 19.1. The van der Waals surface area contributed by atoms with Gasteiger partial charge >= 0.3 is 12.0 Å². The lowest BCUT2D eigenvalue weighted by molar-refractivity contribution is -0.395. The van der Waals surface area contributed by atoms with Crippen molar-refractivity contribution in [2.24, 2.45) is 5.73 Å². The summed E-state index contributed by atoms with van der Waals surface area (Å²) < 4.78 is 0.470. The molecule has 8 heteroatoms. The Morgan fingerprint density at radius 3 is 2.80 bits per heavy atom. The van der Waals surface area contributed by atoms with Gasteiger partial charge in [0.25, 0.3) is 0 Å². The molecule has 0 amide bonds. The van der Waals surface area contributed by atoms with Crippen LogP contribution in [0.4, 0.5) is 10.7 Å². The number of hydrogen-bond acceptors (Lipinski definition) is 5. The van der Waals surface area contributed by atoms with Crippen molar-refractivity contribution in [2.75, 3.05) is 0 Å². The lowest BCUT2D eigenvalue weighted by Crippen LogP contribution is -2.18. The highest BCUT2D eigenvalue weighted by atomic mass is 16.6. The number of hydrogen-bond donors (Lipinski definition) is 2. The third-order valence-corrected chi connectivity index (χ3v) is 1.64. The van der Waals surface area contributed by atoms with Crippen LogP contribution in [0.15, 0.2) is 6.20 Å². The summed E-state index contributed by atoms with van der Waals surface area (Å²) in [4.78, 5) is 23.8. The van der Waals surface area contributed by atoms with E-state index in [-0.39, 0.29) is 6.04 Å². The fourth-order valence-corrected chi connectivity index (χ4v) is 1.12. The molecule has 0 fully saturated rings. The number of carbonyl (C=O) groups is 1. The molecule has 82 valence electrons. The topological polar surface area (TPSA) is 124 Å². The molecular weight excluding hydrogens is 204 g/mol. The van der Waals surface area contributed by atoms with E-state index in [1.165, 1.54) is 0 Å². The Bertz CT molecular complexity index is 366. The smallest absolute Gasteiger partial charge is 0.452 e. The second-order valence-corrected chi connectivity index (χ2v) is 3.12. The van der Waals surface area contributed by atoms with Crippen LogP contribution in [0.25, 0.3) is 0 Å². The van der Waals surface area contributed by atoms with Gasteiger partial charge in [-0.1, -0.05) is 4.98 Å². The van der Waals surface area contributed by atoms with Crippen molar-refractivity contribution in [3.05, 3.63) is 22.0 Å². The molecule has 0 bridgehead atoms. The van der Waals surface area contributed by atoms with E-state index in [4.69, 9.17) is 10.8 Å². The Hall–Kier alpha value is -1.96. The third kappa shape index (κ3) is 2.50. The molecule has 0 saturated heterocycles. The highest BCUT2D eigenvalue weighted by molar-refractivity contribution is 5.70. The van der Waals surface area contributed by atoms with E-state index in [9.17, 15) is 14.9 Å². The summed E-state index contributed by atoms with van der Waals surface area (Å²) in [6.45, 7) is 1.70. The van der Waals surface area contributed by atoms with E-state index in [1.807, 2.05) is 0 Å². The summed E-state index contributed by atoms with van der Waals surface area (Å²) in [7, 11) is 0. The van der Waals surface area contributed by atoms with Gasteiger partial charge in [0.1, 0.15) is 6.20 Å². The van der Waals surface area contributed by atoms with Crippen molar-refractivity contribution in [2.45, 2.75) is 19.4 Å². The molecule has 0 aliphatic carbocycles. The van der Waals surface area contributed by atoms with E-state index >= 15 is 0 Å². The van der Waals surface area contributed by atoms with Gasteiger partial charge in [-0.3, -0.25) is 0 Å². The number of nitrogens with zero attached hydrogens (tertiary/aromatic N) is 3. The summed E-state index contributed by atoms with van der Waals surface area (Å²) in [6.07, 6.45) is -0.0459. The molecule has 1 aromatic rings. The largest absolute Gasteiger partial charge is 0.481 e. The highest BCUT2D eigenvalue weighted by Crippen LogP contribution is 2.12. The summed E-state index contributed by atoms with van der Waals surface area (Å²) in [6, 6.07) is -0.234. The first-order valence-electron chi connectivity index (χ1n) is 4.13. The maximum Gasteiger partial charge on any atom is 0.481 e. The van der Waals surface area contributed by atoms with Crippen molar-refractivity contribution >= 4 is 12.0 Å². The molecule has 1 heterocycles. The zero-order valence-electron chi connectivity index (χ0n) is 7.95. The van der Waals surface area contributed by atoms with Crippen molar-refractivity contribution in [3.8, 4) is 0 Å². The molecule has 0 radical (unpaired) electrons. The van der Waals surface area contributed by atoms with Crippen LogP contribution < -0.4 is 5.73 Å². The maximum absolute atomic E-state index is 10.6. The third-order valence-electron chi connectivity index (χ3n) is 1.64. The van der Waals surface area contributed by atoms with Crippen LogP contribution in [-0.4, -0.2) is 31.7 Å². The molecule has 1 atom stereocenters. The Kier molecular flexibility index (Phi) is 3.00. The van der Waals surface area contributed by atoms with Gasteiger partial charge in [0.05, 0.1) is 0 Å². The normalized spacial score (nSPS) is 12.4. The molecule has 0 saturated carbocycles. The highest BCUT2D eigenvalue weighted by Gasteiger charge is 2.24. The molecule has 0 aliphatic rings. The van der Waals surface area contributed by atoms with Gasteiger partial charge in [-0.25, -0.2) is 4.79 Å². The Labute approximate surface area is 84.5 Å². The maximum atomic E-state index is 10.6. The number of rotatable bonds is 3. The molecule has 0 unspecified atom stereocenters. The van der Waals surface area contributed by atoms with E-state index in [0.29, 0.717) is 16.7 Å². The van der Waals surface area contributed by atoms with Gasteiger partial charge in [0.2, 0.25) is 0 Å². The van der Waals surface area contributed by atoms with Crippen LogP contribution >= 0.6 is 0 Å². The van der Waals surface area contributed by atoms with E-state index in [0.717, 1.165) is 6.20 Å². The zero-order valence-corrected chi connectivity index (χ0v) is 7.95. The molecule has 1 rings (SSSR count). The Morgan fingerprint density at radius 1 is 1.87 bits per heavy atom. The zero-order chi connectivity index (χ0) is 11.6. The number of nitro groups is 1. The lowest BCUT2D eigenvalue weighted by atomic mass is 10.2. The molecular formula is C7H10N4O4. The van der Waals surface area contributed by atoms with Crippen LogP contribution in [0, 0.1) is 10.1 Å². The van der Waals surface area contributed by atoms with Gasteiger partial charge in [-0.15, -0.1) is 4.57 Å². The van der Waals surface area contributed by atoms with Crippen LogP contribution in [0.3, 0.4) is 0 Å². The molecule has 1 aromatic heterocycles. The molecule has 8 nitrogen and oxygen atoms in total. The molecule has 0 aromatic carbocycles. The number of imidazole rings is 1. The van der Waals surface area contributed by atoms with Crippen molar-refractivity contribution < 1.29 is 14.8 Å². The molecule has 0 spiro atoms. The monoisotopic (exact) mass is 214 g/mol. The van der Waals surface area contributed by atoms with Crippen LogP contribution in [0.1, 0.15) is 12.6 Å². The molecule has 15 heavy (non-hydrogen) atoms. The van der Waals surface area contributed by atoms with Gasteiger partial charge < -0.3 is 21.0 Å². The fraction of sp³-hybridized carbons (Fsp3) is 0.429.